The number of nitrogens with one attached hydrogen (secondary N) is 2. The number of unbranched alkanes of at least 4 members (excludes halogenated alkanes) is 2. The van der Waals surface area contributed by atoms with E-state index in [4.69, 9.17) is 0 Å². The first-order valence-corrected chi connectivity index (χ1v) is 10.2. The average Bonchev–Trinajstić information content (AvgIpc) is 2.91. The molecule has 0 aliphatic carbocycles. The molecule has 0 fully saturated rings. The Morgan fingerprint density at radius 3 is 2.56 bits per heavy atom. The number of carbonyl (C=O) groups is 1. The van der Waals surface area contributed by atoms with Crippen LogP contribution in [-0.2, 0) is 14.8 Å². The molecule has 0 aromatic heterocycles. The molecule has 0 saturated heterocycles. The third-order valence-electron chi connectivity index (χ3n) is 4.12. The smallest absolute Gasteiger partial charge is 0.263 e. The topological polar surface area (TPSA) is 87.6 Å². The van der Waals surface area contributed by atoms with Crippen molar-refractivity contribution in [3.05, 3.63) is 59.9 Å². The van der Waals surface area contributed by atoms with Crippen molar-refractivity contribution in [1.82, 2.24) is 4.72 Å². The van der Waals surface area contributed by atoms with Crippen molar-refractivity contribution in [3.8, 4) is 0 Å². The van der Waals surface area contributed by atoms with E-state index in [1.54, 1.807) is 24.3 Å². The number of fused-ring (bicyclic) bond motifs is 1. The fourth-order valence-electron chi connectivity index (χ4n) is 2.77. The number of hydrogen-bond donors (Lipinski definition) is 2. The van der Waals surface area contributed by atoms with Crippen molar-refractivity contribution in [2.45, 2.75) is 30.6 Å². The molecule has 0 bridgehead atoms. The van der Waals surface area contributed by atoms with Crippen LogP contribution in [0.1, 0.15) is 31.2 Å². The largest absolute Gasteiger partial charge is 0.326 e. The third-order valence-corrected chi connectivity index (χ3v) is 5.52. The molecule has 8 heteroatoms. The number of rotatable bonds is 7. The Bertz CT molecular complexity index is 956. The summed E-state index contributed by atoms with van der Waals surface area (Å²) in [7, 11) is -3.50. The number of nitrogens with zero attached hydrogens (tertiary/aromatic N) is 1. The monoisotopic (exact) mass is 389 g/mol. The molecule has 1 aliphatic heterocycles. The van der Waals surface area contributed by atoms with Crippen LogP contribution in [0.2, 0.25) is 0 Å². The van der Waals surface area contributed by atoms with Gasteiger partial charge in [0.2, 0.25) is 5.91 Å². The molecule has 0 spiro atoms. The molecular weight excluding hydrogens is 369 g/mol. The fraction of sp³-hybridized carbons (Fsp3) is 0.263. The van der Waals surface area contributed by atoms with Crippen LogP contribution in [0.15, 0.2) is 58.4 Å². The first-order valence-electron chi connectivity index (χ1n) is 8.68. The molecule has 0 radical (unpaired) electrons. The van der Waals surface area contributed by atoms with Gasteiger partial charge < -0.3 is 5.32 Å². The maximum absolute atomic E-state index is 12.8. The van der Waals surface area contributed by atoms with E-state index in [0.717, 1.165) is 12.8 Å². The van der Waals surface area contributed by atoms with Gasteiger partial charge in [-0.15, -0.1) is 0 Å². The van der Waals surface area contributed by atoms with Gasteiger partial charge in [-0.1, -0.05) is 18.6 Å². The average molecular weight is 389 g/mol. The Kier molecular flexibility index (Phi) is 5.85. The second kappa shape index (κ2) is 8.30. The van der Waals surface area contributed by atoms with Crippen molar-refractivity contribution in [2.24, 2.45) is 4.99 Å². The summed E-state index contributed by atoms with van der Waals surface area (Å²) in [4.78, 5) is 16.4. The Labute approximate surface area is 157 Å². The molecule has 3 rings (SSSR count). The lowest BCUT2D eigenvalue weighted by Gasteiger charge is -2.05. The Hall–Kier alpha value is -2.74. The number of hydrogen-bond acceptors (Lipinski definition) is 4. The van der Waals surface area contributed by atoms with E-state index in [-0.39, 0.29) is 16.6 Å². The van der Waals surface area contributed by atoms with Gasteiger partial charge in [-0.3, -0.25) is 14.5 Å². The minimum atomic E-state index is -3.50. The lowest BCUT2D eigenvalue weighted by atomic mass is 10.2. The lowest BCUT2D eigenvalue weighted by molar-refractivity contribution is -0.116. The van der Waals surface area contributed by atoms with Crippen LogP contribution in [0.4, 0.5) is 10.1 Å². The van der Waals surface area contributed by atoms with Crippen LogP contribution in [0.5, 0.6) is 0 Å². The van der Waals surface area contributed by atoms with Gasteiger partial charge in [-0.05, 0) is 49.2 Å². The van der Waals surface area contributed by atoms with Gasteiger partial charge in [0.15, 0.2) is 0 Å². The molecule has 27 heavy (non-hydrogen) atoms. The number of halogens is 1. The summed E-state index contributed by atoms with van der Waals surface area (Å²) in [5.41, 5.74) is 1.16. The standard InChI is InChI=1S/C19H20FN3O3S/c20-14-9-11-15(12-10-14)22-18(24)8-2-1-5-13-21-19-16-6-3-4-7-17(16)27(25,26)23-19/h3-4,6-7,9-12H,1-2,5,8,13H2,(H,21,23)(H,22,24). The maximum Gasteiger partial charge on any atom is 0.263 e. The van der Waals surface area contributed by atoms with Crippen molar-refractivity contribution in [1.29, 1.82) is 0 Å². The number of sulfonamides is 1. The molecule has 0 saturated carbocycles. The lowest BCUT2D eigenvalue weighted by Crippen LogP contribution is -2.22. The molecule has 2 aromatic carbocycles. The normalized spacial score (nSPS) is 16.0. The highest BCUT2D eigenvalue weighted by Crippen LogP contribution is 2.22. The van der Waals surface area contributed by atoms with Crippen molar-refractivity contribution in [3.63, 3.8) is 0 Å². The number of carbonyl (C=O) groups excluding carboxylic acids is 1. The Morgan fingerprint density at radius 2 is 1.78 bits per heavy atom. The number of anilines is 1. The van der Waals surface area contributed by atoms with Crippen molar-refractivity contribution in [2.75, 3.05) is 11.9 Å². The number of benzene rings is 2. The minimum absolute atomic E-state index is 0.120. The molecule has 142 valence electrons. The first kappa shape index (κ1) is 19.0. The minimum Gasteiger partial charge on any atom is -0.326 e. The van der Waals surface area contributed by atoms with E-state index in [9.17, 15) is 17.6 Å². The first-order chi connectivity index (χ1) is 13.0. The van der Waals surface area contributed by atoms with Crippen molar-refractivity contribution >= 4 is 27.5 Å². The van der Waals surface area contributed by atoms with Crippen LogP contribution in [0.25, 0.3) is 0 Å². The maximum atomic E-state index is 12.8. The molecule has 1 amide bonds. The highest BCUT2D eigenvalue weighted by atomic mass is 32.2. The zero-order valence-corrected chi connectivity index (χ0v) is 15.4. The van der Waals surface area contributed by atoms with Crippen LogP contribution in [-0.4, -0.2) is 26.7 Å². The second-order valence-corrected chi connectivity index (χ2v) is 7.85. The van der Waals surface area contributed by atoms with Gasteiger partial charge in [0, 0.05) is 24.2 Å². The van der Waals surface area contributed by atoms with Gasteiger partial charge in [0.25, 0.3) is 10.0 Å². The van der Waals surface area contributed by atoms with Gasteiger partial charge in [0.05, 0.1) is 4.90 Å². The molecule has 1 aliphatic rings. The predicted molar refractivity (Wildman–Crippen MR) is 102 cm³/mol. The third kappa shape index (κ3) is 4.91. The van der Waals surface area contributed by atoms with Crippen LogP contribution in [0.3, 0.4) is 0 Å². The van der Waals surface area contributed by atoms with Gasteiger partial charge in [0.1, 0.15) is 11.7 Å². The number of amides is 1. The zero-order chi connectivity index (χ0) is 19.3. The molecular formula is C19H20FN3O3S. The van der Waals surface area contributed by atoms with Gasteiger partial charge >= 0.3 is 0 Å². The molecule has 2 N–H and O–H groups in total. The summed E-state index contributed by atoms with van der Waals surface area (Å²) < 4.78 is 39.3. The zero-order valence-electron chi connectivity index (χ0n) is 14.6. The molecule has 0 atom stereocenters. The van der Waals surface area contributed by atoms with Crippen LogP contribution in [0, 0.1) is 5.82 Å². The van der Waals surface area contributed by atoms with E-state index >= 15 is 0 Å². The molecule has 0 unspecified atom stereocenters. The van der Waals surface area contributed by atoms with Crippen molar-refractivity contribution < 1.29 is 17.6 Å². The van der Waals surface area contributed by atoms with E-state index < -0.39 is 10.0 Å². The van der Waals surface area contributed by atoms with E-state index in [2.05, 4.69) is 15.0 Å². The van der Waals surface area contributed by atoms with Crippen LogP contribution < -0.4 is 10.0 Å². The molecule has 1 heterocycles. The van der Waals surface area contributed by atoms with Gasteiger partial charge in [-0.2, -0.15) is 0 Å². The van der Waals surface area contributed by atoms with Gasteiger partial charge in [-0.25, -0.2) is 12.8 Å². The number of aliphatic imine (C=N–C) groups is 1. The number of amidine groups is 1. The summed E-state index contributed by atoms with van der Waals surface area (Å²) in [6.07, 6.45) is 2.60. The summed E-state index contributed by atoms with van der Waals surface area (Å²) in [6, 6.07) is 12.4. The highest BCUT2D eigenvalue weighted by molar-refractivity contribution is 7.90. The fourth-order valence-corrected chi connectivity index (χ4v) is 4.02. The van der Waals surface area contributed by atoms with E-state index in [1.807, 2.05) is 0 Å². The molecule has 6 nitrogen and oxygen atoms in total. The quantitative estimate of drug-likeness (QED) is 0.714. The Morgan fingerprint density at radius 1 is 1.04 bits per heavy atom. The van der Waals surface area contributed by atoms with E-state index in [1.165, 1.54) is 24.3 Å². The highest BCUT2D eigenvalue weighted by Gasteiger charge is 2.29. The predicted octanol–water partition coefficient (Wildman–Crippen LogP) is 3.06. The summed E-state index contributed by atoms with van der Waals surface area (Å²) >= 11 is 0. The summed E-state index contributed by atoms with van der Waals surface area (Å²) in [5.74, 6) is -0.0909. The Balaban J connectivity index is 1.40. The van der Waals surface area contributed by atoms with Crippen LogP contribution >= 0.6 is 0 Å². The second-order valence-electron chi connectivity index (χ2n) is 6.20. The summed E-state index contributed by atoms with van der Waals surface area (Å²) in [6.45, 7) is 0.478. The van der Waals surface area contributed by atoms with E-state index in [0.29, 0.717) is 36.5 Å². The SMILES string of the molecule is O=C(CCCCCN=C1NS(=O)(=O)c2ccccc21)Nc1ccc(F)cc1. The summed E-state index contributed by atoms with van der Waals surface area (Å²) in [5, 5.41) is 2.71. The molecule has 2 aromatic rings.